The molecule has 0 aliphatic carbocycles. The summed E-state index contributed by atoms with van der Waals surface area (Å²) in [5.41, 5.74) is 7.75. The Bertz CT molecular complexity index is 712. The summed E-state index contributed by atoms with van der Waals surface area (Å²) in [5, 5.41) is 4.48. The van der Waals surface area contributed by atoms with Gasteiger partial charge < -0.3 is 16.0 Å². The van der Waals surface area contributed by atoms with E-state index in [4.69, 9.17) is 28.9 Å². The first-order valence-electron chi connectivity index (χ1n) is 7.53. The van der Waals surface area contributed by atoms with Crippen molar-refractivity contribution >= 4 is 35.0 Å². The molecule has 1 fully saturated rings. The van der Waals surface area contributed by atoms with Gasteiger partial charge in [0.1, 0.15) is 5.82 Å². The monoisotopic (exact) mass is 351 g/mol. The van der Waals surface area contributed by atoms with Crippen LogP contribution < -0.4 is 16.0 Å². The van der Waals surface area contributed by atoms with Crippen LogP contribution in [0.25, 0.3) is 11.1 Å². The van der Waals surface area contributed by atoms with E-state index in [0.717, 1.165) is 24.2 Å². The largest absolute Gasteiger partial charge is 0.383 e. The van der Waals surface area contributed by atoms with Crippen LogP contribution in [0, 0.1) is 0 Å². The fraction of sp³-hybridized carbons (Fsp3) is 0.375. The number of halogens is 2. The minimum atomic E-state index is 0.387. The first kappa shape index (κ1) is 16.3. The highest BCUT2D eigenvalue weighted by Crippen LogP contribution is 2.31. The van der Waals surface area contributed by atoms with Gasteiger partial charge in [-0.3, -0.25) is 0 Å². The van der Waals surface area contributed by atoms with Gasteiger partial charge in [0.25, 0.3) is 0 Å². The molecule has 1 aromatic carbocycles. The molecule has 3 N–H and O–H groups in total. The highest BCUT2D eigenvalue weighted by molar-refractivity contribution is 6.42. The summed E-state index contributed by atoms with van der Waals surface area (Å²) in [6.07, 6.45) is 1.74. The van der Waals surface area contributed by atoms with Gasteiger partial charge in [-0.15, -0.1) is 0 Å². The first-order chi connectivity index (χ1) is 10.9. The number of hydrogen-bond donors (Lipinski definition) is 2. The van der Waals surface area contributed by atoms with E-state index >= 15 is 0 Å². The van der Waals surface area contributed by atoms with E-state index in [-0.39, 0.29) is 0 Å². The highest BCUT2D eigenvalue weighted by atomic mass is 35.5. The van der Waals surface area contributed by atoms with Crippen molar-refractivity contribution in [3.8, 4) is 11.1 Å². The van der Waals surface area contributed by atoms with Crippen molar-refractivity contribution in [3.05, 3.63) is 34.4 Å². The number of aromatic nitrogens is 2. The molecule has 2 heterocycles. The van der Waals surface area contributed by atoms with E-state index < -0.39 is 0 Å². The molecule has 1 aliphatic rings. The fourth-order valence-electron chi connectivity index (χ4n) is 2.91. The van der Waals surface area contributed by atoms with Gasteiger partial charge in [-0.05, 0) is 31.5 Å². The second-order valence-electron chi connectivity index (χ2n) is 5.97. The van der Waals surface area contributed by atoms with Crippen LogP contribution in [-0.2, 0) is 0 Å². The third-order valence-corrected chi connectivity index (χ3v) is 4.62. The van der Waals surface area contributed by atoms with Crippen LogP contribution in [0.4, 0.5) is 11.8 Å². The second kappa shape index (κ2) is 6.51. The SMILES string of the molecule is C[C@@H]1CN(c2ncc(-c3ccc(Cl)c(Cl)c3)c(N)n2)C[C@H](C)N1. The normalized spacial score (nSPS) is 21.5. The van der Waals surface area contributed by atoms with Crippen molar-refractivity contribution in [2.75, 3.05) is 23.7 Å². The van der Waals surface area contributed by atoms with Gasteiger partial charge in [0, 0.05) is 36.9 Å². The smallest absolute Gasteiger partial charge is 0.227 e. The van der Waals surface area contributed by atoms with Crippen molar-refractivity contribution in [2.45, 2.75) is 25.9 Å². The topological polar surface area (TPSA) is 67.1 Å². The zero-order valence-electron chi connectivity index (χ0n) is 13.1. The van der Waals surface area contributed by atoms with Crippen LogP contribution in [0.2, 0.25) is 10.0 Å². The summed E-state index contributed by atoms with van der Waals surface area (Å²) in [5.74, 6) is 1.10. The molecule has 23 heavy (non-hydrogen) atoms. The molecule has 1 aromatic heterocycles. The van der Waals surface area contributed by atoms with Crippen LogP contribution >= 0.6 is 23.2 Å². The summed E-state index contributed by atoms with van der Waals surface area (Å²) in [7, 11) is 0. The van der Waals surface area contributed by atoms with Crippen LogP contribution in [0.15, 0.2) is 24.4 Å². The molecule has 0 saturated carbocycles. The number of piperazine rings is 1. The highest BCUT2D eigenvalue weighted by Gasteiger charge is 2.23. The molecule has 0 radical (unpaired) electrons. The zero-order chi connectivity index (χ0) is 16.6. The van der Waals surface area contributed by atoms with Gasteiger partial charge in [-0.2, -0.15) is 4.98 Å². The Hall–Kier alpha value is -1.56. The summed E-state index contributed by atoms with van der Waals surface area (Å²) < 4.78 is 0. The summed E-state index contributed by atoms with van der Waals surface area (Å²) >= 11 is 12.0. The molecule has 0 amide bonds. The molecular weight excluding hydrogens is 333 g/mol. The zero-order valence-corrected chi connectivity index (χ0v) is 14.6. The molecule has 3 rings (SSSR count). The standard InChI is InChI=1S/C16H19Cl2N5/c1-9-7-23(8-10(2)21-9)16-20-6-12(15(19)22-16)11-3-4-13(17)14(18)5-11/h3-6,9-10,21H,7-8H2,1-2H3,(H2,19,20,22)/t9-,10+. The molecular formula is C16H19Cl2N5. The molecule has 0 bridgehead atoms. The second-order valence-corrected chi connectivity index (χ2v) is 6.79. The summed E-state index contributed by atoms with van der Waals surface area (Å²) in [6.45, 7) is 6.01. The molecule has 0 spiro atoms. The Balaban J connectivity index is 1.90. The van der Waals surface area contributed by atoms with E-state index in [1.165, 1.54) is 0 Å². The summed E-state index contributed by atoms with van der Waals surface area (Å²) in [6, 6.07) is 6.15. The number of benzene rings is 1. The van der Waals surface area contributed by atoms with Crippen molar-refractivity contribution in [3.63, 3.8) is 0 Å². The Morgan fingerprint density at radius 1 is 1.17 bits per heavy atom. The maximum atomic E-state index is 6.15. The minimum absolute atomic E-state index is 0.387. The molecule has 2 atom stereocenters. The lowest BCUT2D eigenvalue weighted by Crippen LogP contribution is -2.54. The van der Waals surface area contributed by atoms with Crippen LogP contribution in [0.3, 0.4) is 0 Å². The quantitative estimate of drug-likeness (QED) is 0.869. The average Bonchev–Trinajstić information content (AvgIpc) is 2.49. The van der Waals surface area contributed by atoms with Crippen LogP contribution in [0.5, 0.6) is 0 Å². The predicted octanol–water partition coefficient (Wildman–Crippen LogP) is 3.22. The van der Waals surface area contributed by atoms with Crippen LogP contribution in [0.1, 0.15) is 13.8 Å². The van der Waals surface area contributed by atoms with Gasteiger partial charge in [0.2, 0.25) is 5.95 Å². The van der Waals surface area contributed by atoms with Crippen LogP contribution in [-0.4, -0.2) is 35.1 Å². The van der Waals surface area contributed by atoms with E-state index in [1.807, 2.05) is 6.07 Å². The maximum Gasteiger partial charge on any atom is 0.227 e. The van der Waals surface area contributed by atoms with Gasteiger partial charge in [0.05, 0.1) is 10.0 Å². The number of nitrogen functional groups attached to an aromatic ring is 1. The number of hydrogen-bond acceptors (Lipinski definition) is 5. The number of nitrogens with zero attached hydrogens (tertiary/aromatic N) is 3. The summed E-state index contributed by atoms with van der Waals surface area (Å²) in [4.78, 5) is 11.1. The number of rotatable bonds is 2. The maximum absolute atomic E-state index is 6.15. The molecule has 122 valence electrons. The molecule has 5 nitrogen and oxygen atoms in total. The van der Waals surface area contributed by atoms with Crippen molar-refractivity contribution in [1.29, 1.82) is 0 Å². The van der Waals surface area contributed by atoms with Crippen molar-refractivity contribution in [2.24, 2.45) is 0 Å². The Labute approximate surface area is 145 Å². The molecule has 0 unspecified atom stereocenters. The number of anilines is 2. The van der Waals surface area contributed by atoms with Gasteiger partial charge in [0.15, 0.2) is 0 Å². The molecule has 1 aliphatic heterocycles. The Morgan fingerprint density at radius 2 is 1.87 bits per heavy atom. The minimum Gasteiger partial charge on any atom is -0.383 e. The third kappa shape index (κ3) is 3.52. The van der Waals surface area contributed by atoms with E-state index in [1.54, 1.807) is 18.3 Å². The molecule has 2 aromatic rings. The van der Waals surface area contributed by atoms with E-state index in [9.17, 15) is 0 Å². The fourth-order valence-corrected chi connectivity index (χ4v) is 3.21. The number of nitrogens with two attached hydrogens (primary N) is 1. The average molecular weight is 352 g/mol. The molecule has 1 saturated heterocycles. The lowest BCUT2D eigenvalue weighted by atomic mass is 10.1. The lowest BCUT2D eigenvalue weighted by Gasteiger charge is -2.36. The molecule has 7 heteroatoms. The van der Waals surface area contributed by atoms with Crippen molar-refractivity contribution in [1.82, 2.24) is 15.3 Å². The van der Waals surface area contributed by atoms with E-state index in [2.05, 4.69) is 34.0 Å². The van der Waals surface area contributed by atoms with Gasteiger partial charge >= 0.3 is 0 Å². The Morgan fingerprint density at radius 3 is 2.48 bits per heavy atom. The van der Waals surface area contributed by atoms with Gasteiger partial charge in [-0.1, -0.05) is 29.3 Å². The lowest BCUT2D eigenvalue weighted by molar-refractivity contribution is 0.403. The van der Waals surface area contributed by atoms with Gasteiger partial charge in [-0.25, -0.2) is 4.98 Å². The predicted molar refractivity (Wildman–Crippen MR) is 96.2 cm³/mol. The first-order valence-corrected chi connectivity index (χ1v) is 8.28. The third-order valence-electron chi connectivity index (χ3n) is 3.88. The van der Waals surface area contributed by atoms with E-state index in [0.29, 0.717) is 33.9 Å². The van der Waals surface area contributed by atoms with Crippen molar-refractivity contribution < 1.29 is 0 Å². The Kier molecular flexibility index (Phi) is 4.62. The number of nitrogens with one attached hydrogen (secondary N) is 1.